The number of anilines is 1. The average molecular weight is 567 g/mol. The van der Waals surface area contributed by atoms with Gasteiger partial charge in [-0.25, -0.2) is 13.1 Å². The SMILES string of the molecule is COc1cc(NC(=O)c2ccn(COc3ccc(Cl)cc3Cl)n2)cc(S(=O)(=O)c2ccc(Cl)cc2)c1. The Kier molecular flexibility index (Phi) is 7.75. The molecule has 0 spiro atoms. The van der Waals surface area contributed by atoms with E-state index in [0.717, 1.165) is 0 Å². The number of halogens is 3. The number of carbonyl (C=O) groups is 1. The molecule has 0 saturated carbocycles. The lowest BCUT2D eigenvalue weighted by Gasteiger charge is -2.11. The van der Waals surface area contributed by atoms with Crippen LogP contribution >= 0.6 is 34.8 Å². The number of sulfone groups is 1. The van der Waals surface area contributed by atoms with E-state index < -0.39 is 15.7 Å². The van der Waals surface area contributed by atoms with Gasteiger partial charge in [0.2, 0.25) is 9.84 Å². The molecule has 0 radical (unpaired) electrons. The molecular weight excluding hydrogens is 549 g/mol. The average Bonchev–Trinajstić information content (AvgIpc) is 3.33. The van der Waals surface area contributed by atoms with Gasteiger partial charge in [0, 0.05) is 28.0 Å². The van der Waals surface area contributed by atoms with Gasteiger partial charge < -0.3 is 14.8 Å². The lowest BCUT2D eigenvalue weighted by Crippen LogP contribution is -2.15. The van der Waals surface area contributed by atoms with Crippen LogP contribution < -0.4 is 14.8 Å². The number of benzene rings is 3. The van der Waals surface area contributed by atoms with Gasteiger partial charge in [0.15, 0.2) is 12.4 Å². The molecule has 0 aliphatic rings. The number of ether oxygens (including phenoxy) is 2. The smallest absolute Gasteiger partial charge is 0.276 e. The van der Waals surface area contributed by atoms with Crippen LogP contribution in [0.1, 0.15) is 10.5 Å². The first kappa shape index (κ1) is 25.8. The zero-order valence-corrected chi connectivity index (χ0v) is 21.7. The quantitative estimate of drug-likeness (QED) is 0.282. The van der Waals surface area contributed by atoms with Gasteiger partial charge >= 0.3 is 0 Å². The minimum atomic E-state index is -3.89. The molecule has 4 aromatic rings. The molecular formula is C24H18Cl3N3O5S. The zero-order valence-electron chi connectivity index (χ0n) is 18.6. The van der Waals surface area contributed by atoms with E-state index in [2.05, 4.69) is 10.4 Å². The fourth-order valence-electron chi connectivity index (χ4n) is 3.14. The number of hydrogen-bond acceptors (Lipinski definition) is 6. The second-order valence-corrected chi connectivity index (χ2v) is 10.6. The van der Waals surface area contributed by atoms with Gasteiger partial charge in [0.05, 0.1) is 21.9 Å². The molecule has 186 valence electrons. The Hall–Kier alpha value is -3.24. The normalized spacial score (nSPS) is 11.2. The molecule has 0 aliphatic heterocycles. The second-order valence-electron chi connectivity index (χ2n) is 7.40. The van der Waals surface area contributed by atoms with Crippen molar-refractivity contribution in [3.05, 3.63) is 93.7 Å². The summed E-state index contributed by atoms with van der Waals surface area (Å²) in [5, 5.41) is 8.07. The van der Waals surface area contributed by atoms with E-state index in [0.29, 0.717) is 20.8 Å². The van der Waals surface area contributed by atoms with Crippen molar-refractivity contribution in [1.82, 2.24) is 9.78 Å². The topological polar surface area (TPSA) is 99.5 Å². The first-order valence-corrected chi connectivity index (χ1v) is 12.9. The third-order valence-corrected chi connectivity index (χ3v) is 7.46. The Bertz CT molecular complexity index is 1520. The van der Waals surface area contributed by atoms with Crippen molar-refractivity contribution >= 4 is 56.2 Å². The molecule has 0 atom stereocenters. The van der Waals surface area contributed by atoms with Gasteiger partial charge in [-0.05, 0) is 60.7 Å². The van der Waals surface area contributed by atoms with Crippen molar-refractivity contribution in [1.29, 1.82) is 0 Å². The molecule has 36 heavy (non-hydrogen) atoms. The number of nitrogens with one attached hydrogen (secondary N) is 1. The summed E-state index contributed by atoms with van der Waals surface area (Å²) in [5.74, 6) is 0.105. The molecule has 1 aromatic heterocycles. The number of nitrogens with zero attached hydrogens (tertiary/aromatic N) is 2. The molecule has 0 fully saturated rings. The predicted octanol–water partition coefficient (Wildman–Crippen LogP) is 5.97. The highest BCUT2D eigenvalue weighted by Gasteiger charge is 2.20. The fourth-order valence-corrected chi connectivity index (χ4v) is 5.05. The molecule has 1 N–H and O–H groups in total. The van der Waals surface area contributed by atoms with E-state index in [1.807, 2.05) is 0 Å². The molecule has 0 bridgehead atoms. The predicted molar refractivity (Wildman–Crippen MR) is 137 cm³/mol. The second kappa shape index (κ2) is 10.8. The maximum absolute atomic E-state index is 13.1. The number of methoxy groups -OCH3 is 1. The van der Waals surface area contributed by atoms with E-state index in [1.54, 1.807) is 24.4 Å². The Balaban J connectivity index is 1.50. The molecule has 1 amide bonds. The highest BCUT2D eigenvalue weighted by molar-refractivity contribution is 7.91. The van der Waals surface area contributed by atoms with E-state index in [9.17, 15) is 13.2 Å². The lowest BCUT2D eigenvalue weighted by atomic mass is 10.3. The van der Waals surface area contributed by atoms with Crippen LogP contribution in [0.5, 0.6) is 11.5 Å². The lowest BCUT2D eigenvalue weighted by molar-refractivity contribution is 0.102. The first-order valence-electron chi connectivity index (χ1n) is 10.3. The summed E-state index contributed by atoms with van der Waals surface area (Å²) in [5.41, 5.74) is 0.302. The summed E-state index contributed by atoms with van der Waals surface area (Å²) >= 11 is 17.8. The van der Waals surface area contributed by atoms with Crippen molar-refractivity contribution in [3.8, 4) is 11.5 Å². The fraction of sp³-hybridized carbons (Fsp3) is 0.0833. The van der Waals surface area contributed by atoms with Crippen LogP contribution in [0.15, 0.2) is 82.7 Å². The van der Waals surface area contributed by atoms with Crippen molar-refractivity contribution in [3.63, 3.8) is 0 Å². The van der Waals surface area contributed by atoms with Crippen molar-refractivity contribution in [2.24, 2.45) is 0 Å². The Morgan fingerprint density at radius 3 is 2.36 bits per heavy atom. The van der Waals surface area contributed by atoms with Crippen LogP contribution in [0, 0.1) is 0 Å². The number of rotatable bonds is 8. The van der Waals surface area contributed by atoms with Gasteiger partial charge in [-0.2, -0.15) is 5.10 Å². The number of carbonyl (C=O) groups excluding carboxylic acids is 1. The Morgan fingerprint density at radius 1 is 0.944 bits per heavy atom. The highest BCUT2D eigenvalue weighted by Crippen LogP contribution is 2.30. The molecule has 8 nitrogen and oxygen atoms in total. The highest BCUT2D eigenvalue weighted by atomic mass is 35.5. The zero-order chi connectivity index (χ0) is 25.9. The monoisotopic (exact) mass is 565 g/mol. The number of aromatic nitrogens is 2. The van der Waals surface area contributed by atoms with Crippen molar-refractivity contribution in [2.45, 2.75) is 16.5 Å². The van der Waals surface area contributed by atoms with Crippen LogP contribution in [0.4, 0.5) is 5.69 Å². The molecule has 0 unspecified atom stereocenters. The molecule has 12 heteroatoms. The van der Waals surface area contributed by atoms with Crippen LogP contribution in [0.25, 0.3) is 0 Å². The van der Waals surface area contributed by atoms with Crippen LogP contribution in [0.3, 0.4) is 0 Å². The third-order valence-electron chi connectivity index (χ3n) is 4.93. The van der Waals surface area contributed by atoms with E-state index in [1.165, 1.54) is 60.3 Å². The first-order chi connectivity index (χ1) is 17.2. The summed E-state index contributed by atoms with van der Waals surface area (Å²) in [6.07, 6.45) is 1.56. The summed E-state index contributed by atoms with van der Waals surface area (Å²) < 4.78 is 38.4. The van der Waals surface area contributed by atoms with E-state index in [4.69, 9.17) is 44.3 Å². The molecule has 0 aliphatic carbocycles. The molecule has 0 saturated heterocycles. The van der Waals surface area contributed by atoms with Crippen LogP contribution in [-0.2, 0) is 16.6 Å². The molecule has 4 rings (SSSR count). The van der Waals surface area contributed by atoms with Crippen LogP contribution in [0.2, 0.25) is 15.1 Å². The van der Waals surface area contributed by atoms with Gasteiger partial charge in [-0.3, -0.25) is 4.79 Å². The van der Waals surface area contributed by atoms with E-state index >= 15 is 0 Å². The maximum atomic E-state index is 13.1. The van der Waals surface area contributed by atoms with E-state index in [-0.39, 0.29) is 33.7 Å². The molecule has 3 aromatic carbocycles. The Labute approximate surface area is 222 Å². The van der Waals surface area contributed by atoms with Crippen molar-refractivity contribution < 1.29 is 22.7 Å². The largest absolute Gasteiger partial charge is 0.497 e. The minimum absolute atomic E-state index is 0.00270. The summed E-state index contributed by atoms with van der Waals surface area (Å²) in [6, 6.07) is 16.3. The Morgan fingerprint density at radius 2 is 1.67 bits per heavy atom. The van der Waals surface area contributed by atoms with Gasteiger partial charge in [-0.1, -0.05) is 34.8 Å². The van der Waals surface area contributed by atoms with Gasteiger partial charge in [0.25, 0.3) is 5.91 Å². The number of amides is 1. The summed E-state index contributed by atoms with van der Waals surface area (Å²) in [7, 11) is -2.50. The standard InChI is InChI=1S/C24H18Cl3N3O5S/c1-34-18-11-17(12-20(13-18)36(32,33)19-5-2-15(25)3-6-19)28-24(31)22-8-9-30(29-22)14-35-23-7-4-16(26)10-21(23)27/h2-13H,14H2,1H3,(H,28,31). The third kappa shape index (κ3) is 5.93. The number of hydrogen-bond donors (Lipinski definition) is 1. The summed E-state index contributed by atoms with van der Waals surface area (Å²) in [6.45, 7) is -0.00270. The summed E-state index contributed by atoms with van der Waals surface area (Å²) in [4.78, 5) is 12.8. The minimum Gasteiger partial charge on any atom is -0.497 e. The van der Waals surface area contributed by atoms with Crippen LogP contribution in [-0.4, -0.2) is 31.2 Å². The van der Waals surface area contributed by atoms with Gasteiger partial charge in [0.1, 0.15) is 11.5 Å². The maximum Gasteiger partial charge on any atom is 0.276 e. The van der Waals surface area contributed by atoms with Crippen molar-refractivity contribution in [2.75, 3.05) is 12.4 Å². The van der Waals surface area contributed by atoms with Gasteiger partial charge in [-0.15, -0.1) is 0 Å². The molecule has 1 heterocycles.